The highest BCUT2D eigenvalue weighted by Gasteiger charge is 2.12. The molecule has 0 unspecified atom stereocenters. The van der Waals surface area contributed by atoms with Crippen molar-refractivity contribution in [2.45, 2.75) is 13.0 Å². The molecule has 0 saturated heterocycles. The molecule has 0 aliphatic carbocycles. The molecule has 0 bridgehead atoms. The fraction of sp³-hybridized carbons (Fsp3) is 0.250. The Morgan fingerprint density at radius 3 is 2.80 bits per heavy atom. The Hall–Kier alpha value is -1.52. The number of hydrogen-bond donors (Lipinski definition) is 1. The number of ether oxygens (including phenoxy) is 2. The van der Waals surface area contributed by atoms with Gasteiger partial charge in [0.25, 0.3) is 0 Å². The van der Waals surface area contributed by atoms with Gasteiger partial charge in [-0.2, -0.15) is 0 Å². The minimum atomic E-state index is 0.333. The third kappa shape index (κ3) is 3.32. The van der Waals surface area contributed by atoms with Crippen molar-refractivity contribution in [2.75, 3.05) is 13.3 Å². The fourth-order valence-electron chi connectivity index (χ4n) is 2.21. The third-order valence-electron chi connectivity index (χ3n) is 3.25. The van der Waals surface area contributed by atoms with Crippen LogP contribution in [-0.2, 0) is 13.0 Å². The molecule has 3 rings (SSSR count). The molecule has 0 radical (unpaired) electrons. The van der Waals surface area contributed by atoms with Crippen LogP contribution in [0.15, 0.2) is 46.9 Å². The quantitative estimate of drug-likeness (QED) is 0.849. The van der Waals surface area contributed by atoms with Crippen molar-refractivity contribution in [3.8, 4) is 11.5 Å². The van der Waals surface area contributed by atoms with E-state index >= 15 is 0 Å². The molecule has 2 aromatic carbocycles. The van der Waals surface area contributed by atoms with E-state index in [1.165, 1.54) is 11.1 Å². The zero-order chi connectivity index (χ0) is 13.8. The van der Waals surface area contributed by atoms with Gasteiger partial charge in [0.15, 0.2) is 11.5 Å². The van der Waals surface area contributed by atoms with Crippen LogP contribution in [0.5, 0.6) is 11.5 Å². The molecule has 20 heavy (non-hydrogen) atoms. The molecule has 104 valence electrons. The summed E-state index contributed by atoms with van der Waals surface area (Å²) in [4.78, 5) is 0. The summed E-state index contributed by atoms with van der Waals surface area (Å²) in [6, 6.07) is 14.5. The molecule has 1 N–H and O–H groups in total. The van der Waals surface area contributed by atoms with E-state index in [0.717, 1.165) is 35.5 Å². The largest absolute Gasteiger partial charge is 0.454 e. The minimum Gasteiger partial charge on any atom is -0.454 e. The van der Waals surface area contributed by atoms with Crippen LogP contribution in [0.25, 0.3) is 0 Å². The lowest BCUT2D eigenvalue weighted by Gasteiger charge is -2.06. The molecule has 3 nitrogen and oxygen atoms in total. The molecule has 0 amide bonds. The van der Waals surface area contributed by atoms with Crippen LogP contribution in [0.2, 0.25) is 0 Å². The standard InChI is InChI=1S/C16H16BrNO2/c17-14-3-1-2-13(8-14)10-18-7-6-12-4-5-15-16(9-12)20-11-19-15/h1-5,8-9,18H,6-7,10-11H2. The topological polar surface area (TPSA) is 30.5 Å². The van der Waals surface area contributed by atoms with Gasteiger partial charge in [-0.05, 0) is 48.4 Å². The summed E-state index contributed by atoms with van der Waals surface area (Å²) in [6.07, 6.45) is 0.977. The lowest BCUT2D eigenvalue weighted by Crippen LogP contribution is -2.16. The summed E-state index contributed by atoms with van der Waals surface area (Å²) >= 11 is 3.48. The smallest absolute Gasteiger partial charge is 0.231 e. The second-order valence-corrected chi connectivity index (χ2v) is 5.66. The molecule has 4 heteroatoms. The van der Waals surface area contributed by atoms with Gasteiger partial charge in [-0.1, -0.05) is 34.1 Å². The number of fused-ring (bicyclic) bond motifs is 1. The van der Waals surface area contributed by atoms with Gasteiger partial charge in [0, 0.05) is 11.0 Å². The van der Waals surface area contributed by atoms with Gasteiger partial charge >= 0.3 is 0 Å². The van der Waals surface area contributed by atoms with E-state index in [1.54, 1.807) is 0 Å². The van der Waals surface area contributed by atoms with Crippen molar-refractivity contribution < 1.29 is 9.47 Å². The van der Waals surface area contributed by atoms with Crippen LogP contribution in [0.1, 0.15) is 11.1 Å². The molecular formula is C16H16BrNO2. The highest BCUT2D eigenvalue weighted by atomic mass is 79.9. The summed E-state index contributed by atoms with van der Waals surface area (Å²) in [5, 5.41) is 3.45. The summed E-state index contributed by atoms with van der Waals surface area (Å²) in [6.45, 7) is 2.15. The monoisotopic (exact) mass is 333 g/mol. The van der Waals surface area contributed by atoms with E-state index in [-0.39, 0.29) is 0 Å². The Bertz CT molecular complexity index is 601. The minimum absolute atomic E-state index is 0.333. The van der Waals surface area contributed by atoms with Gasteiger partial charge in [0.1, 0.15) is 0 Å². The van der Waals surface area contributed by atoms with Crippen molar-refractivity contribution in [3.05, 3.63) is 58.1 Å². The van der Waals surface area contributed by atoms with Crippen molar-refractivity contribution in [3.63, 3.8) is 0 Å². The first-order valence-electron chi connectivity index (χ1n) is 6.65. The van der Waals surface area contributed by atoms with Crippen molar-refractivity contribution in [1.82, 2.24) is 5.32 Å². The van der Waals surface area contributed by atoms with E-state index in [9.17, 15) is 0 Å². The first-order chi connectivity index (χ1) is 9.81. The van der Waals surface area contributed by atoms with Gasteiger partial charge in [-0.25, -0.2) is 0 Å². The molecule has 0 aromatic heterocycles. The molecule has 0 spiro atoms. The zero-order valence-electron chi connectivity index (χ0n) is 11.1. The van der Waals surface area contributed by atoms with Gasteiger partial charge < -0.3 is 14.8 Å². The second kappa shape index (κ2) is 6.29. The first-order valence-corrected chi connectivity index (χ1v) is 7.44. The Kier molecular flexibility index (Phi) is 4.23. The lowest BCUT2D eigenvalue weighted by molar-refractivity contribution is 0.174. The number of nitrogens with one attached hydrogen (secondary N) is 1. The van der Waals surface area contributed by atoms with Crippen LogP contribution in [0, 0.1) is 0 Å². The number of rotatable bonds is 5. The molecule has 2 aromatic rings. The molecule has 1 aliphatic rings. The predicted molar refractivity (Wildman–Crippen MR) is 82.1 cm³/mol. The van der Waals surface area contributed by atoms with Crippen LogP contribution >= 0.6 is 15.9 Å². The molecule has 1 aliphatic heterocycles. The highest BCUT2D eigenvalue weighted by molar-refractivity contribution is 9.10. The fourth-order valence-corrected chi connectivity index (χ4v) is 2.66. The van der Waals surface area contributed by atoms with Crippen LogP contribution in [0.4, 0.5) is 0 Å². The van der Waals surface area contributed by atoms with Crippen molar-refractivity contribution in [1.29, 1.82) is 0 Å². The highest BCUT2D eigenvalue weighted by Crippen LogP contribution is 2.32. The maximum Gasteiger partial charge on any atom is 0.231 e. The molecule has 1 heterocycles. The van der Waals surface area contributed by atoms with Crippen LogP contribution in [0.3, 0.4) is 0 Å². The Balaban J connectivity index is 1.48. The van der Waals surface area contributed by atoms with Crippen LogP contribution < -0.4 is 14.8 Å². The van der Waals surface area contributed by atoms with Gasteiger partial charge in [0.2, 0.25) is 6.79 Å². The van der Waals surface area contributed by atoms with Gasteiger partial charge in [0.05, 0.1) is 0 Å². The van der Waals surface area contributed by atoms with Crippen molar-refractivity contribution in [2.24, 2.45) is 0 Å². The van der Waals surface area contributed by atoms with E-state index in [4.69, 9.17) is 9.47 Å². The normalized spacial score (nSPS) is 12.7. The average molecular weight is 334 g/mol. The zero-order valence-corrected chi connectivity index (χ0v) is 12.7. The van der Waals surface area contributed by atoms with Crippen LogP contribution in [-0.4, -0.2) is 13.3 Å². The molecule has 0 atom stereocenters. The summed E-state index contributed by atoms with van der Waals surface area (Å²) in [5.74, 6) is 1.70. The number of halogens is 1. The molecule has 0 saturated carbocycles. The van der Waals surface area contributed by atoms with Gasteiger partial charge in [-0.3, -0.25) is 0 Å². The number of benzene rings is 2. The van der Waals surface area contributed by atoms with E-state index < -0.39 is 0 Å². The SMILES string of the molecule is Brc1cccc(CNCCc2ccc3c(c2)OCO3)c1. The van der Waals surface area contributed by atoms with E-state index in [1.807, 2.05) is 12.1 Å². The first kappa shape index (κ1) is 13.5. The maximum atomic E-state index is 5.38. The Labute approximate surface area is 127 Å². The molecular weight excluding hydrogens is 318 g/mol. The predicted octanol–water partition coefficient (Wildman–Crippen LogP) is 3.51. The summed E-state index contributed by atoms with van der Waals surface area (Å²) in [5.41, 5.74) is 2.54. The summed E-state index contributed by atoms with van der Waals surface area (Å²) in [7, 11) is 0. The Morgan fingerprint density at radius 1 is 1.00 bits per heavy atom. The van der Waals surface area contributed by atoms with E-state index in [0.29, 0.717) is 6.79 Å². The van der Waals surface area contributed by atoms with Gasteiger partial charge in [-0.15, -0.1) is 0 Å². The second-order valence-electron chi connectivity index (χ2n) is 4.74. The molecule has 0 fully saturated rings. The average Bonchev–Trinajstić information content (AvgIpc) is 2.91. The third-order valence-corrected chi connectivity index (χ3v) is 3.74. The Morgan fingerprint density at radius 2 is 1.90 bits per heavy atom. The summed E-state index contributed by atoms with van der Waals surface area (Å²) < 4.78 is 11.8. The van der Waals surface area contributed by atoms with Crippen molar-refractivity contribution >= 4 is 15.9 Å². The number of hydrogen-bond acceptors (Lipinski definition) is 3. The lowest BCUT2D eigenvalue weighted by atomic mass is 10.1. The van der Waals surface area contributed by atoms with E-state index in [2.05, 4.69) is 51.6 Å². The maximum absolute atomic E-state index is 5.38.